The molecule has 2 heteroatoms. The van der Waals surface area contributed by atoms with Gasteiger partial charge in [-0.25, -0.2) is 0 Å². The van der Waals surface area contributed by atoms with Crippen LogP contribution in [0.3, 0.4) is 0 Å². The molecule has 0 saturated heterocycles. The Labute approximate surface area is 109 Å². The second-order valence-corrected chi connectivity index (χ2v) is 5.46. The summed E-state index contributed by atoms with van der Waals surface area (Å²) in [5.74, 6) is 0.599. The molecule has 0 aromatic heterocycles. The maximum Gasteiger partial charge on any atom is 0.0427 e. The summed E-state index contributed by atoms with van der Waals surface area (Å²) in [6.07, 6.45) is 7.93. The fraction of sp³-hybridized carbons (Fsp3) is 0.375. The number of nitrogens with zero attached hydrogens (tertiary/aromatic N) is 1. The first-order valence-electron chi connectivity index (χ1n) is 6.66. The second kappa shape index (κ2) is 4.62. The first-order chi connectivity index (χ1) is 8.72. The number of rotatable bonds is 3. The molecule has 1 aliphatic carbocycles. The second-order valence-electron chi connectivity index (χ2n) is 5.46. The van der Waals surface area contributed by atoms with Crippen molar-refractivity contribution in [3.63, 3.8) is 0 Å². The van der Waals surface area contributed by atoms with Gasteiger partial charge in [0.2, 0.25) is 0 Å². The maximum atomic E-state index is 5.92. The molecule has 2 N–H and O–H groups in total. The molecular weight excluding hydrogens is 220 g/mol. The van der Waals surface area contributed by atoms with Crippen molar-refractivity contribution in [3.05, 3.63) is 59.3 Å². The number of hydrogen-bond donors (Lipinski definition) is 1. The Kier molecular flexibility index (Phi) is 2.96. The number of hydrogen-bond acceptors (Lipinski definition) is 2. The van der Waals surface area contributed by atoms with Crippen molar-refractivity contribution in [3.8, 4) is 0 Å². The topological polar surface area (TPSA) is 29.3 Å². The van der Waals surface area contributed by atoms with Gasteiger partial charge in [-0.3, -0.25) is 0 Å². The van der Waals surface area contributed by atoms with E-state index in [0.717, 1.165) is 19.5 Å². The molecule has 94 valence electrons. The van der Waals surface area contributed by atoms with Gasteiger partial charge in [0.15, 0.2) is 0 Å². The van der Waals surface area contributed by atoms with Crippen molar-refractivity contribution in [2.45, 2.75) is 25.9 Å². The van der Waals surface area contributed by atoms with Crippen LogP contribution in [0.4, 0.5) is 0 Å². The van der Waals surface area contributed by atoms with Crippen LogP contribution < -0.4 is 5.73 Å². The average molecular weight is 240 g/mol. The quantitative estimate of drug-likeness (QED) is 0.880. The lowest BCUT2D eigenvalue weighted by Crippen LogP contribution is -2.20. The summed E-state index contributed by atoms with van der Waals surface area (Å²) in [5, 5.41) is 0. The van der Waals surface area contributed by atoms with Crippen molar-refractivity contribution >= 4 is 0 Å². The van der Waals surface area contributed by atoms with Crippen LogP contribution >= 0.6 is 0 Å². The van der Waals surface area contributed by atoms with Gasteiger partial charge in [-0.1, -0.05) is 42.0 Å². The van der Waals surface area contributed by atoms with Crippen molar-refractivity contribution < 1.29 is 0 Å². The monoisotopic (exact) mass is 240 g/mol. The maximum absolute atomic E-state index is 5.92. The van der Waals surface area contributed by atoms with Crippen molar-refractivity contribution in [2.75, 3.05) is 6.54 Å². The van der Waals surface area contributed by atoms with E-state index in [-0.39, 0.29) is 0 Å². The summed E-state index contributed by atoms with van der Waals surface area (Å²) in [5.41, 5.74) is 10.0. The largest absolute Gasteiger partial charge is 0.369 e. The molecule has 18 heavy (non-hydrogen) atoms. The highest BCUT2D eigenvalue weighted by Crippen LogP contribution is 2.37. The number of allylic oxidation sites excluding steroid dienone is 1. The Balaban J connectivity index is 1.70. The predicted octanol–water partition coefficient (Wildman–Crippen LogP) is 2.60. The highest BCUT2D eigenvalue weighted by Gasteiger charge is 2.36. The number of nitrogens with two attached hydrogens (primary N) is 1. The SMILES string of the molecule is Cc1cccc(CN2C=C([C@@H]3C[C@H]3N)C=CC2)c1. The van der Waals surface area contributed by atoms with E-state index in [2.05, 4.69) is 54.4 Å². The molecule has 0 unspecified atom stereocenters. The zero-order valence-electron chi connectivity index (χ0n) is 10.8. The first-order valence-corrected chi connectivity index (χ1v) is 6.66. The Bertz CT molecular complexity index is 502. The van der Waals surface area contributed by atoms with Crippen molar-refractivity contribution in [2.24, 2.45) is 11.7 Å². The third kappa shape index (κ3) is 2.49. The zero-order chi connectivity index (χ0) is 12.5. The zero-order valence-corrected chi connectivity index (χ0v) is 10.8. The average Bonchev–Trinajstić information content (AvgIpc) is 3.07. The minimum Gasteiger partial charge on any atom is -0.369 e. The van der Waals surface area contributed by atoms with E-state index in [4.69, 9.17) is 5.73 Å². The summed E-state index contributed by atoms with van der Waals surface area (Å²) in [6.45, 7) is 4.13. The molecule has 0 bridgehead atoms. The van der Waals surface area contributed by atoms with Crippen LogP contribution in [0.5, 0.6) is 0 Å². The molecule has 0 radical (unpaired) electrons. The smallest absolute Gasteiger partial charge is 0.0427 e. The number of aryl methyl sites for hydroxylation is 1. The van der Waals surface area contributed by atoms with Gasteiger partial charge < -0.3 is 10.6 Å². The van der Waals surface area contributed by atoms with Gasteiger partial charge in [-0.15, -0.1) is 0 Å². The van der Waals surface area contributed by atoms with Crippen LogP contribution in [0, 0.1) is 12.8 Å². The van der Waals surface area contributed by atoms with Gasteiger partial charge in [0.1, 0.15) is 0 Å². The lowest BCUT2D eigenvalue weighted by Gasteiger charge is -2.23. The molecule has 3 rings (SSSR count). The summed E-state index contributed by atoms with van der Waals surface area (Å²) in [7, 11) is 0. The Morgan fingerprint density at radius 3 is 2.94 bits per heavy atom. The van der Waals surface area contributed by atoms with Gasteiger partial charge in [0.05, 0.1) is 0 Å². The Hall–Kier alpha value is -1.54. The van der Waals surface area contributed by atoms with Crippen molar-refractivity contribution in [1.82, 2.24) is 4.90 Å². The van der Waals surface area contributed by atoms with E-state index < -0.39 is 0 Å². The highest BCUT2D eigenvalue weighted by atomic mass is 15.1. The fourth-order valence-electron chi connectivity index (χ4n) is 2.60. The molecular formula is C16H20N2. The van der Waals surface area contributed by atoms with Crippen LogP contribution in [-0.4, -0.2) is 17.5 Å². The van der Waals surface area contributed by atoms with Gasteiger partial charge in [-0.2, -0.15) is 0 Å². The summed E-state index contributed by atoms with van der Waals surface area (Å²) >= 11 is 0. The molecule has 2 aliphatic rings. The van der Waals surface area contributed by atoms with Crippen LogP contribution in [-0.2, 0) is 6.54 Å². The normalized spacial score (nSPS) is 26.1. The van der Waals surface area contributed by atoms with Crippen LogP contribution in [0.1, 0.15) is 17.5 Å². The Morgan fingerprint density at radius 2 is 2.22 bits per heavy atom. The molecule has 0 spiro atoms. The van der Waals surface area contributed by atoms with E-state index in [1.165, 1.54) is 16.7 Å². The highest BCUT2D eigenvalue weighted by molar-refractivity contribution is 5.31. The summed E-state index contributed by atoms with van der Waals surface area (Å²) < 4.78 is 0. The lowest BCUT2D eigenvalue weighted by molar-refractivity contribution is 0.399. The van der Waals surface area contributed by atoms with Crippen LogP contribution in [0.15, 0.2) is 48.2 Å². The van der Waals surface area contributed by atoms with Gasteiger partial charge in [0, 0.05) is 31.2 Å². The fourth-order valence-corrected chi connectivity index (χ4v) is 2.60. The third-order valence-electron chi connectivity index (χ3n) is 3.72. The minimum absolute atomic E-state index is 0.389. The molecule has 1 aliphatic heterocycles. The molecule has 1 fully saturated rings. The van der Waals surface area contributed by atoms with E-state index in [9.17, 15) is 0 Å². The lowest BCUT2D eigenvalue weighted by atomic mass is 10.1. The molecule has 1 heterocycles. The molecule has 2 atom stereocenters. The van der Waals surface area contributed by atoms with E-state index in [1.807, 2.05) is 0 Å². The third-order valence-corrected chi connectivity index (χ3v) is 3.72. The molecule has 0 amide bonds. The predicted molar refractivity (Wildman–Crippen MR) is 74.9 cm³/mol. The van der Waals surface area contributed by atoms with Crippen LogP contribution in [0.25, 0.3) is 0 Å². The molecule has 1 aromatic carbocycles. The molecule has 1 aromatic rings. The molecule has 1 saturated carbocycles. The minimum atomic E-state index is 0.389. The molecule has 2 nitrogen and oxygen atoms in total. The van der Waals surface area contributed by atoms with Crippen molar-refractivity contribution in [1.29, 1.82) is 0 Å². The van der Waals surface area contributed by atoms with Crippen LogP contribution in [0.2, 0.25) is 0 Å². The van der Waals surface area contributed by atoms with E-state index in [0.29, 0.717) is 12.0 Å². The van der Waals surface area contributed by atoms with E-state index >= 15 is 0 Å². The summed E-state index contributed by atoms with van der Waals surface area (Å²) in [6, 6.07) is 9.12. The Morgan fingerprint density at radius 1 is 1.39 bits per heavy atom. The number of benzene rings is 1. The summed E-state index contributed by atoms with van der Waals surface area (Å²) in [4.78, 5) is 2.37. The standard InChI is InChI=1S/C16H20N2/c1-12-4-2-5-13(8-12)10-18-7-3-6-14(11-18)15-9-16(15)17/h2-6,8,11,15-16H,7,9-10,17H2,1H3/t15-,16+/m0/s1. The van der Waals surface area contributed by atoms with Gasteiger partial charge in [0.25, 0.3) is 0 Å². The van der Waals surface area contributed by atoms with Gasteiger partial charge in [-0.05, 0) is 24.5 Å². The first kappa shape index (κ1) is 11.5. The van der Waals surface area contributed by atoms with E-state index in [1.54, 1.807) is 0 Å². The van der Waals surface area contributed by atoms with Gasteiger partial charge >= 0.3 is 0 Å².